The Morgan fingerprint density at radius 1 is 1.20 bits per heavy atom. The van der Waals surface area contributed by atoms with Gasteiger partial charge in [0.25, 0.3) is 5.56 Å². The summed E-state index contributed by atoms with van der Waals surface area (Å²) in [5.74, 6) is 1.26. The summed E-state index contributed by atoms with van der Waals surface area (Å²) >= 11 is 0. The minimum Gasteiger partial charge on any atom is -0.454 e. The molecular weight excluding hydrogens is 256 g/mol. The van der Waals surface area contributed by atoms with E-state index < -0.39 is 0 Å². The lowest BCUT2D eigenvalue weighted by Gasteiger charge is -2.12. The Kier molecular flexibility index (Phi) is 2.72. The van der Waals surface area contributed by atoms with E-state index in [0.717, 1.165) is 5.69 Å². The summed E-state index contributed by atoms with van der Waals surface area (Å²) in [6.45, 7) is 3.78. The Hall–Kier alpha value is -2.74. The fourth-order valence-corrected chi connectivity index (χ4v) is 2.37. The zero-order chi connectivity index (χ0) is 14.3. The molecule has 0 saturated carbocycles. The van der Waals surface area contributed by atoms with Crippen LogP contribution in [0.1, 0.15) is 16.8 Å². The maximum Gasteiger partial charge on any atom is 0.273 e. The molecule has 3 rings (SSSR count). The molecule has 2 aromatic rings. The molecule has 0 aliphatic carbocycles. The molecule has 5 nitrogen and oxygen atoms in total. The molecular formula is C15H12N2O3. The largest absolute Gasteiger partial charge is 0.454 e. The maximum atomic E-state index is 12.4. The van der Waals surface area contributed by atoms with E-state index >= 15 is 0 Å². The van der Waals surface area contributed by atoms with Crippen molar-refractivity contribution < 1.29 is 9.47 Å². The Morgan fingerprint density at radius 2 is 1.95 bits per heavy atom. The van der Waals surface area contributed by atoms with Crippen molar-refractivity contribution in [3.63, 3.8) is 0 Å². The van der Waals surface area contributed by atoms with E-state index in [1.54, 1.807) is 25.1 Å². The van der Waals surface area contributed by atoms with Crippen molar-refractivity contribution in [1.82, 2.24) is 4.57 Å². The van der Waals surface area contributed by atoms with Crippen molar-refractivity contribution in [2.24, 2.45) is 0 Å². The first-order valence-corrected chi connectivity index (χ1v) is 6.15. The van der Waals surface area contributed by atoms with Gasteiger partial charge in [0.2, 0.25) is 6.79 Å². The monoisotopic (exact) mass is 268 g/mol. The number of benzene rings is 1. The van der Waals surface area contributed by atoms with Crippen molar-refractivity contribution in [2.75, 3.05) is 6.79 Å². The third-order valence-electron chi connectivity index (χ3n) is 3.32. The molecule has 0 saturated heterocycles. The predicted molar refractivity (Wildman–Crippen MR) is 72.4 cm³/mol. The van der Waals surface area contributed by atoms with Crippen LogP contribution in [0.2, 0.25) is 0 Å². The lowest BCUT2D eigenvalue weighted by molar-refractivity contribution is 0.174. The van der Waals surface area contributed by atoms with Gasteiger partial charge >= 0.3 is 0 Å². The summed E-state index contributed by atoms with van der Waals surface area (Å²) in [6.07, 6.45) is 0. The number of aryl methyl sites for hydroxylation is 2. The zero-order valence-corrected chi connectivity index (χ0v) is 11.1. The normalized spacial score (nSPS) is 12.2. The third kappa shape index (κ3) is 1.74. The summed E-state index contributed by atoms with van der Waals surface area (Å²) < 4.78 is 12.1. The molecule has 0 N–H and O–H groups in total. The molecule has 5 heteroatoms. The maximum absolute atomic E-state index is 12.4. The molecule has 20 heavy (non-hydrogen) atoms. The van der Waals surface area contributed by atoms with E-state index in [-0.39, 0.29) is 17.9 Å². The highest BCUT2D eigenvalue weighted by atomic mass is 16.7. The molecule has 0 spiro atoms. The molecule has 0 atom stereocenters. The number of nitrogens with zero attached hydrogens (tertiary/aromatic N) is 2. The van der Waals surface area contributed by atoms with Gasteiger partial charge in [-0.25, -0.2) is 0 Å². The summed E-state index contributed by atoms with van der Waals surface area (Å²) in [5.41, 5.74) is 1.96. The highest BCUT2D eigenvalue weighted by molar-refractivity contribution is 5.51. The Balaban J connectivity index is 2.26. The van der Waals surface area contributed by atoms with Gasteiger partial charge in [-0.1, -0.05) is 0 Å². The summed E-state index contributed by atoms with van der Waals surface area (Å²) in [7, 11) is 0. The van der Waals surface area contributed by atoms with Crippen LogP contribution in [0.25, 0.3) is 5.69 Å². The van der Waals surface area contributed by atoms with Crippen molar-refractivity contribution in [1.29, 1.82) is 5.26 Å². The van der Waals surface area contributed by atoms with Crippen LogP contribution in [0.3, 0.4) is 0 Å². The topological polar surface area (TPSA) is 64.2 Å². The molecule has 0 fully saturated rings. The van der Waals surface area contributed by atoms with Gasteiger partial charge in [-0.05, 0) is 37.6 Å². The van der Waals surface area contributed by atoms with Gasteiger partial charge in [-0.2, -0.15) is 5.26 Å². The van der Waals surface area contributed by atoms with Crippen LogP contribution in [-0.2, 0) is 0 Å². The number of nitriles is 1. The standard InChI is InChI=1S/C15H12N2O3/c1-9-5-10(2)17(15(18)12(9)7-16)11-3-4-13-14(6-11)20-8-19-13/h3-6H,8H2,1-2H3. The van der Waals surface area contributed by atoms with E-state index in [1.807, 2.05) is 19.1 Å². The van der Waals surface area contributed by atoms with Gasteiger partial charge in [0.1, 0.15) is 11.6 Å². The molecule has 0 amide bonds. The first-order chi connectivity index (χ1) is 9.61. The van der Waals surface area contributed by atoms with Crippen LogP contribution in [0.15, 0.2) is 29.1 Å². The first-order valence-electron chi connectivity index (χ1n) is 6.15. The van der Waals surface area contributed by atoms with E-state index in [0.29, 0.717) is 22.7 Å². The second-order valence-electron chi connectivity index (χ2n) is 4.63. The zero-order valence-electron chi connectivity index (χ0n) is 11.1. The highest BCUT2D eigenvalue weighted by Gasteiger charge is 2.16. The minimum absolute atomic E-state index is 0.160. The first kappa shape index (κ1) is 12.3. The number of pyridine rings is 1. The fourth-order valence-electron chi connectivity index (χ4n) is 2.37. The molecule has 1 aromatic carbocycles. The van der Waals surface area contributed by atoms with Gasteiger partial charge in [0.15, 0.2) is 11.5 Å². The van der Waals surface area contributed by atoms with Crippen molar-refractivity contribution in [2.45, 2.75) is 13.8 Å². The number of rotatable bonds is 1. The van der Waals surface area contributed by atoms with Gasteiger partial charge in [-0.3, -0.25) is 9.36 Å². The van der Waals surface area contributed by atoms with E-state index in [1.165, 1.54) is 4.57 Å². The van der Waals surface area contributed by atoms with Crippen LogP contribution < -0.4 is 15.0 Å². The number of hydrogen-bond donors (Lipinski definition) is 0. The number of aromatic nitrogens is 1. The number of fused-ring (bicyclic) bond motifs is 1. The van der Waals surface area contributed by atoms with Crippen LogP contribution in [0.4, 0.5) is 0 Å². The number of ether oxygens (including phenoxy) is 2. The molecule has 0 bridgehead atoms. The summed E-state index contributed by atoms with van der Waals surface area (Å²) in [6, 6.07) is 9.07. The molecule has 1 aliphatic rings. The average Bonchev–Trinajstić information content (AvgIpc) is 2.86. The second kappa shape index (κ2) is 4.42. The molecule has 2 heterocycles. The summed E-state index contributed by atoms with van der Waals surface area (Å²) in [4.78, 5) is 12.4. The van der Waals surface area contributed by atoms with E-state index in [4.69, 9.17) is 14.7 Å². The van der Waals surface area contributed by atoms with Gasteiger partial charge in [0, 0.05) is 11.8 Å². The Morgan fingerprint density at radius 3 is 2.70 bits per heavy atom. The lowest BCUT2D eigenvalue weighted by Crippen LogP contribution is -2.24. The smallest absolute Gasteiger partial charge is 0.273 e. The van der Waals surface area contributed by atoms with Crippen molar-refractivity contribution in [3.05, 3.63) is 51.4 Å². The molecule has 1 aliphatic heterocycles. The second-order valence-corrected chi connectivity index (χ2v) is 4.63. The third-order valence-corrected chi connectivity index (χ3v) is 3.32. The Bertz CT molecular complexity index is 800. The van der Waals surface area contributed by atoms with Crippen LogP contribution >= 0.6 is 0 Å². The Labute approximate surface area is 115 Å². The number of hydrogen-bond acceptors (Lipinski definition) is 4. The molecule has 0 radical (unpaired) electrons. The molecule has 100 valence electrons. The van der Waals surface area contributed by atoms with Crippen LogP contribution in [-0.4, -0.2) is 11.4 Å². The van der Waals surface area contributed by atoms with Gasteiger partial charge in [-0.15, -0.1) is 0 Å². The lowest BCUT2D eigenvalue weighted by atomic mass is 10.1. The average molecular weight is 268 g/mol. The highest BCUT2D eigenvalue weighted by Crippen LogP contribution is 2.33. The fraction of sp³-hybridized carbons (Fsp3) is 0.200. The van der Waals surface area contributed by atoms with Crippen LogP contribution in [0.5, 0.6) is 11.5 Å². The van der Waals surface area contributed by atoms with E-state index in [9.17, 15) is 4.79 Å². The van der Waals surface area contributed by atoms with Gasteiger partial charge in [0.05, 0.1) is 5.69 Å². The minimum atomic E-state index is -0.316. The van der Waals surface area contributed by atoms with Gasteiger partial charge < -0.3 is 9.47 Å². The van der Waals surface area contributed by atoms with Crippen molar-refractivity contribution in [3.8, 4) is 23.3 Å². The predicted octanol–water partition coefficient (Wildman–Crippen LogP) is 2.05. The molecule has 0 unspecified atom stereocenters. The van der Waals surface area contributed by atoms with Crippen LogP contribution in [0, 0.1) is 25.2 Å². The summed E-state index contributed by atoms with van der Waals surface area (Å²) in [5, 5.41) is 9.11. The van der Waals surface area contributed by atoms with E-state index in [2.05, 4.69) is 0 Å². The quantitative estimate of drug-likeness (QED) is 0.794. The van der Waals surface area contributed by atoms with Crippen molar-refractivity contribution >= 4 is 0 Å². The SMILES string of the molecule is Cc1cc(C)n(-c2ccc3c(c2)OCO3)c(=O)c1C#N. The molecule has 1 aromatic heterocycles.